The fourth-order valence-electron chi connectivity index (χ4n) is 3.72. The molecule has 1 amide bonds. The third-order valence-corrected chi connectivity index (χ3v) is 5.66. The molecule has 0 unspecified atom stereocenters. The van der Waals surface area contributed by atoms with E-state index in [0.29, 0.717) is 39.9 Å². The van der Waals surface area contributed by atoms with Crippen LogP contribution in [0, 0.1) is 0 Å². The van der Waals surface area contributed by atoms with Crippen molar-refractivity contribution in [3.63, 3.8) is 0 Å². The number of hydrogen-bond acceptors (Lipinski definition) is 7. The van der Waals surface area contributed by atoms with Gasteiger partial charge in [-0.3, -0.25) is 20.0 Å². The number of methoxy groups -OCH3 is 1. The highest BCUT2D eigenvalue weighted by Crippen LogP contribution is 2.40. The zero-order chi connectivity index (χ0) is 24.3. The molecule has 0 aliphatic carbocycles. The number of hydrogen-bond donors (Lipinski definition) is 2. The van der Waals surface area contributed by atoms with Crippen LogP contribution in [0.25, 0.3) is 11.3 Å². The maximum Gasteiger partial charge on any atom is 0.243 e. The molecule has 0 fully saturated rings. The monoisotopic (exact) mass is 480 g/mol. The van der Waals surface area contributed by atoms with E-state index in [0.717, 1.165) is 11.8 Å². The summed E-state index contributed by atoms with van der Waals surface area (Å²) in [5, 5.41) is 1.60. The second kappa shape index (κ2) is 9.44. The van der Waals surface area contributed by atoms with Crippen LogP contribution in [-0.2, 0) is 14.8 Å². The molecule has 2 aromatic carbocycles. The van der Waals surface area contributed by atoms with Gasteiger partial charge in [-0.2, -0.15) is 0 Å². The van der Waals surface area contributed by atoms with E-state index in [1.54, 1.807) is 48.6 Å². The number of hydrazine groups is 1. The number of ether oxygens (including phenoxy) is 2. The Labute approximate surface area is 198 Å². The number of nitrogens with zero attached hydrogens (tertiary/aromatic N) is 2. The van der Waals surface area contributed by atoms with Crippen molar-refractivity contribution in [2.45, 2.75) is 6.42 Å². The van der Waals surface area contributed by atoms with Gasteiger partial charge in [0, 0.05) is 30.6 Å². The number of sulfonamides is 1. The highest BCUT2D eigenvalue weighted by Gasteiger charge is 2.27. The van der Waals surface area contributed by atoms with Gasteiger partial charge in [-0.05, 0) is 47.5 Å². The first-order chi connectivity index (χ1) is 16.2. The Kier molecular flexibility index (Phi) is 6.42. The molecule has 1 aliphatic rings. The zero-order valence-corrected chi connectivity index (χ0v) is 19.7. The topological polar surface area (TPSA) is 110 Å². The second-order valence-corrected chi connectivity index (χ2v) is 9.43. The molecule has 0 atom stereocenters. The lowest BCUT2D eigenvalue weighted by atomic mass is 9.94. The summed E-state index contributed by atoms with van der Waals surface area (Å²) >= 11 is 0. The Balaban J connectivity index is 1.94. The second-order valence-electron chi connectivity index (χ2n) is 7.69. The van der Waals surface area contributed by atoms with E-state index in [1.807, 2.05) is 30.3 Å². The first-order valence-electron chi connectivity index (χ1n) is 10.4. The van der Waals surface area contributed by atoms with Gasteiger partial charge in [0.15, 0.2) is 0 Å². The van der Waals surface area contributed by atoms with Gasteiger partial charge in [0.25, 0.3) is 0 Å². The molecule has 2 N–H and O–H groups in total. The Bertz CT molecular complexity index is 1360. The van der Waals surface area contributed by atoms with Crippen LogP contribution in [0.2, 0.25) is 0 Å². The summed E-state index contributed by atoms with van der Waals surface area (Å²) in [6.07, 6.45) is 2.79. The van der Waals surface area contributed by atoms with Crippen LogP contribution in [0.15, 0.2) is 66.9 Å². The number of nitrogens with one attached hydrogen (secondary N) is 2. The van der Waals surface area contributed by atoms with Crippen LogP contribution in [0.4, 0.5) is 5.69 Å². The molecular formula is C24H24N4O5S. The summed E-state index contributed by atoms with van der Waals surface area (Å²) < 4.78 is 37.7. The summed E-state index contributed by atoms with van der Waals surface area (Å²) in [6, 6.07) is 17.8. The molecule has 0 saturated heterocycles. The maximum absolute atomic E-state index is 12.5. The number of anilines is 1. The SMILES string of the molecule is COc1cc(C2=C(c3cc(NS(C)(=O)=O)ccc3Oc3ccccc3)N(C)NC(=O)C2)ccn1. The predicted octanol–water partition coefficient (Wildman–Crippen LogP) is 3.49. The average Bonchev–Trinajstić information content (AvgIpc) is 2.79. The minimum atomic E-state index is -3.51. The number of rotatable bonds is 7. The zero-order valence-electron chi connectivity index (χ0n) is 18.9. The van der Waals surface area contributed by atoms with E-state index in [1.165, 1.54) is 7.11 Å². The molecule has 10 heteroatoms. The van der Waals surface area contributed by atoms with Crippen molar-refractivity contribution in [1.82, 2.24) is 15.4 Å². The van der Waals surface area contributed by atoms with E-state index < -0.39 is 10.0 Å². The number of benzene rings is 2. The molecule has 3 aromatic rings. The molecule has 1 aliphatic heterocycles. The van der Waals surface area contributed by atoms with Crippen molar-refractivity contribution in [2.24, 2.45) is 0 Å². The number of amides is 1. The third-order valence-electron chi connectivity index (χ3n) is 5.05. The first-order valence-corrected chi connectivity index (χ1v) is 12.2. The summed E-state index contributed by atoms with van der Waals surface area (Å²) in [6.45, 7) is 0. The van der Waals surface area contributed by atoms with Crippen molar-refractivity contribution < 1.29 is 22.7 Å². The molecule has 0 spiro atoms. The summed E-state index contributed by atoms with van der Waals surface area (Å²) in [5.41, 5.74) is 5.87. The Hall–Kier alpha value is -4.05. The minimum absolute atomic E-state index is 0.0986. The number of pyridine rings is 1. The standard InChI is InChI=1S/C24H24N4O5S/c1-28-24(19(15-22(29)26-28)16-11-12-25-23(13-16)32-2)20-14-17(27-34(3,30)31)9-10-21(20)33-18-7-5-4-6-8-18/h4-14,27H,15H2,1-3H3,(H,26,29). The molecule has 1 aromatic heterocycles. The van der Waals surface area contributed by atoms with Gasteiger partial charge in [-0.1, -0.05) is 18.2 Å². The van der Waals surface area contributed by atoms with E-state index >= 15 is 0 Å². The largest absolute Gasteiger partial charge is 0.481 e. The molecule has 9 nitrogen and oxygen atoms in total. The van der Waals surface area contributed by atoms with E-state index in [4.69, 9.17) is 9.47 Å². The highest BCUT2D eigenvalue weighted by atomic mass is 32.2. The highest BCUT2D eigenvalue weighted by molar-refractivity contribution is 7.92. The predicted molar refractivity (Wildman–Crippen MR) is 130 cm³/mol. The Morgan fingerprint density at radius 1 is 1.09 bits per heavy atom. The molecule has 0 saturated carbocycles. The van der Waals surface area contributed by atoms with Gasteiger partial charge in [0.1, 0.15) is 11.5 Å². The van der Waals surface area contributed by atoms with Gasteiger partial charge < -0.3 is 9.47 Å². The van der Waals surface area contributed by atoms with Gasteiger partial charge in [-0.25, -0.2) is 13.4 Å². The lowest BCUT2D eigenvalue weighted by Gasteiger charge is -2.32. The molecule has 0 radical (unpaired) electrons. The van der Waals surface area contributed by atoms with Crippen LogP contribution >= 0.6 is 0 Å². The number of carbonyl (C=O) groups excluding carboxylic acids is 1. The molecule has 176 valence electrons. The third kappa shape index (κ3) is 5.29. The fourth-order valence-corrected chi connectivity index (χ4v) is 4.27. The fraction of sp³-hybridized carbons (Fsp3) is 0.167. The van der Waals surface area contributed by atoms with Gasteiger partial charge in [0.05, 0.1) is 25.5 Å². The van der Waals surface area contributed by atoms with Crippen LogP contribution in [0.1, 0.15) is 17.5 Å². The average molecular weight is 481 g/mol. The van der Waals surface area contributed by atoms with Crippen molar-refractivity contribution in [1.29, 1.82) is 0 Å². The molecule has 4 rings (SSSR count). The van der Waals surface area contributed by atoms with E-state index in [-0.39, 0.29) is 12.3 Å². The summed E-state index contributed by atoms with van der Waals surface area (Å²) in [5.74, 6) is 1.32. The summed E-state index contributed by atoms with van der Waals surface area (Å²) in [4.78, 5) is 16.6. The molecule has 34 heavy (non-hydrogen) atoms. The normalized spacial score (nSPS) is 14.0. The van der Waals surface area contributed by atoms with E-state index in [9.17, 15) is 13.2 Å². The maximum atomic E-state index is 12.5. The Morgan fingerprint density at radius 3 is 2.56 bits per heavy atom. The Morgan fingerprint density at radius 2 is 1.85 bits per heavy atom. The van der Waals surface area contributed by atoms with Crippen molar-refractivity contribution in [3.8, 4) is 17.4 Å². The van der Waals surface area contributed by atoms with Gasteiger partial charge in [-0.15, -0.1) is 0 Å². The van der Waals surface area contributed by atoms with Crippen molar-refractivity contribution in [2.75, 3.05) is 25.1 Å². The molecular weight excluding hydrogens is 456 g/mol. The minimum Gasteiger partial charge on any atom is -0.481 e. The number of para-hydroxylation sites is 1. The van der Waals surface area contributed by atoms with Crippen molar-refractivity contribution in [3.05, 3.63) is 78.0 Å². The lowest BCUT2D eigenvalue weighted by Crippen LogP contribution is -2.42. The van der Waals surface area contributed by atoms with Gasteiger partial charge >= 0.3 is 0 Å². The first kappa shape index (κ1) is 23.1. The summed E-state index contributed by atoms with van der Waals surface area (Å²) in [7, 11) is -0.271. The molecule has 2 heterocycles. The van der Waals surface area contributed by atoms with Crippen LogP contribution in [0.5, 0.6) is 17.4 Å². The van der Waals surface area contributed by atoms with Gasteiger partial charge in [0.2, 0.25) is 21.8 Å². The smallest absolute Gasteiger partial charge is 0.243 e. The number of carbonyl (C=O) groups is 1. The molecule has 0 bridgehead atoms. The van der Waals surface area contributed by atoms with Crippen molar-refractivity contribution >= 4 is 32.9 Å². The van der Waals surface area contributed by atoms with Crippen LogP contribution in [-0.4, -0.2) is 44.7 Å². The quantitative estimate of drug-likeness (QED) is 0.533. The van der Waals surface area contributed by atoms with E-state index in [2.05, 4.69) is 15.1 Å². The lowest BCUT2D eigenvalue weighted by molar-refractivity contribution is -0.123. The van der Waals surface area contributed by atoms with Crippen LogP contribution in [0.3, 0.4) is 0 Å². The number of aromatic nitrogens is 1. The van der Waals surface area contributed by atoms with Crippen LogP contribution < -0.4 is 19.6 Å².